The van der Waals surface area contributed by atoms with Crippen LogP contribution < -0.4 is 0 Å². The summed E-state index contributed by atoms with van der Waals surface area (Å²) in [4.78, 5) is 23.2. The third-order valence-electron chi connectivity index (χ3n) is 7.68. The maximum absolute atomic E-state index is 12.5. The summed E-state index contributed by atoms with van der Waals surface area (Å²) in [5.74, 6) is -0.767. The van der Waals surface area contributed by atoms with Gasteiger partial charge in [0.05, 0.1) is 0 Å². The van der Waals surface area contributed by atoms with E-state index in [0.717, 1.165) is 51.4 Å². The first-order valence-corrected chi connectivity index (χ1v) is 17.3. The fourth-order valence-corrected chi connectivity index (χ4v) is 5.10. The van der Waals surface area contributed by atoms with Crippen LogP contribution in [-0.2, 0) is 14.3 Å². The van der Waals surface area contributed by atoms with Crippen LogP contribution in [0.1, 0.15) is 187 Å². The number of allylic oxidation sites excluding steroid dienone is 4. The van der Waals surface area contributed by atoms with Gasteiger partial charge in [0.1, 0.15) is 6.10 Å². The van der Waals surface area contributed by atoms with Crippen molar-refractivity contribution in [1.82, 2.24) is 0 Å². The van der Waals surface area contributed by atoms with Crippen LogP contribution in [0.15, 0.2) is 24.3 Å². The molecule has 0 saturated carbocycles. The Morgan fingerprint density at radius 1 is 0.550 bits per heavy atom. The van der Waals surface area contributed by atoms with Crippen LogP contribution in [0.2, 0.25) is 0 Å². The number of hydrogen-bond donors (Lipinski definition) is 1. The zero-order chi connectivity index (χ0) is 29.4. The highest BCUT2D eigenvalue weighted by atomic mass is 16.5. The highest BCUT2D eigenvalue weighted by Crippen LogP contribution is 2.18. The first kappa shape index (κ1) is 38.4. The van der Waals surface area contributed by atoms with Crippen LogP contribution in [0.3, 0.4) is 0 Å². The van der Waals surface area contributed by atoms with Crippen molar-refractivity contribution in [3.05, 3.63) is 24.3 Å². The topological polar surface area (TPSA) is 63.6 Å². The standard InChI is InChI=1S/C36H66O4/c1-3-5-7-9-11-12-13-14-15-16-17-18-19-20-22-24-29-33-36(39)40-34(31-27-25-28-32-35(37)38)30-26-23-21-10-8-6-4-2/h11-12,14-15,34H,3-10,13,16-33H2,1-2H3,(H,37,38)/b12-11-,15-14-. The summed E-state index contributed by atoms with van der Waals surface area (Å²) in [7, 11) is 0. The molecule has 0 aromatic rings. The molecular formula is C36H66O4. The molecule has 40 heavy (non-hydrogen) atoms. The highest BCUT2D eigenvalue weighted by Gasteiger charge is 2.14. The van der Waals surface area contributed by atoms with E-state index in [-0.39, 0.29) is 18.5 Å². The summed E-state index contributed by atoms with van der Waals surface area (Å²) >= 11 is 0. The van der Waals surface area contributed by atoms with Crippen LogP contribution in [0.5, 0.6) is 0 Å². The highest BCUT2D eigenvalue weighted by molar-refractivity contribution is 5.69. The van der Waals surface area contributed by atoms with Gasteiger partial charge in [0.25, 0.3) is 0 Å². The molecule has 1 atom stereocenters. The van der Waals surface area contributed by atoms with Crippen LogP contribution >= 0.6 is 0 Å². The number of ether oxygens (including phenoxy) is 1. The lowest BCUT2D eigenvalue weighted by Crippen LogP contribution is -2.18. The normalized spacial score (nSPS) is 12.4. The Hall–Kier alpha value is -1.58. The molecule has 0 amide bonds. The Kier molecular flexibility index (Phi) is 30.7. The van der Waals surface area contributed by atoms with Crippen molar-refractivity contribution < 1.29 is 19.4 Å². The quantitative estimate of drug-likeness (QED) is 0.0518. The number of rotatable bonds is 31. The van der Waals surface area contributed by atoms with Gasteiger partial charge in [-0.3, -0.25) is 9.59 Å². The molecular weight excluding hydrogens is 496 g/mol. The predicted molar refractivity (Wildman–Crippen MR) is 172 cm³/mol. The van der Waals surface area contributed by atoms with Crippen molar-refractivity contribution in [2.45, 2.75) is 193 Å². The Balaban J connectivity index is 3.87. The molecule has 0 fully saturated rings. The van der Waals surface area contributed by atoms with E-state index in [1.54, 1.807) is 0 Å². The Morgan fingerprint density at radius 3 is 1.55 bits per heavy atom. The number of carbonyl (C=O) groups is 2. The van der Waals surface area contributed by atoms with Crippen LogP contribution in [0.25, 0.3) is 0 Å². The predicted octanol–water partition coefficient (Wildman–Crippen LogP) is 11.7. The minimum absolute atomic E-state index is 0.00355. The average molecular weight is 563 g/mol. The van der Waals surface area contributed by atoms with E-state index in [1.165, 1.54) is 103 Å². The first-order chi connectivity index (χ1) is 19.6. The average Bonchev–Trinajstić information content (AvgIpc) is 2.93. The largest absolute Gasteiger partial charge is 0.481 e. The fraction of sp³-hybridized carbons (Fsp3) is 0.833. The molecule has 4 nitrogen and oxygen atoms in total. The summed E-state index contributed by atoms with van der Waals surface area (Å²) in [5.41, 5.74) is 0. The van der Waals surface area contributed by atoms with E-state index >= 15 is 0 Å². The van der Waals surface area contributed by atoms with E-state index in [0.29, 0.717) is 12.8 Å². The second kappa shape index (κ2) is 31.9. The van der Waals surface area contributed by atoms with Crippen molar-refractivity contribution in [1.29, 1.82) is 0 Å². The fourth-order valence-electron chi connectivity index (χ4n) is 5.10. The van der Waals surface area contributed by atoms with E-state index in [4.69, 9.17) is 9.84 Å². The van der Waals surface area contributed by atoms with Gasteiger partial charge in [0, 0.05) is 12.8 Å². The number of carbonyl (C=O) groups excluding carboxylic acids is 1. The number of carboxylic acid groups (broad SMARTS) is 1. The smallest absolute Gasteiger partial charge is 0.306 e. The second-order valence-electron chi connectivity index (χ2n) is 11.7. The van der Waals surface area contributed by atoms with Crippen molar-refractivity contribution in [2.75, 3.05) is 0 Å². The number of unbranched alkanes of at least 4 members (excludes halogenated alkanes) is 18. The molecule has 234 valence electrons. The van der Waals surface area contributed by atoms with Crippen molar-refractivity contribution >= 4 is 11.9 Å². The number of esters is 1. The minimum Gasteiger partial charge on any atom is -0.481 e. The maximum atomic E-state index is 12.5. The van der Waals surface area contributed by atoms with Gasteiger partial charge in [-0.1, -0.05) is 128 Å². The molecule has 0 aliphatic heterocycles. The van der Waals surface area contributed by atoms with Crippen LogP contribution in [0, 0.1) is 0 Å². The maximum Gasteiger partial charge on any atom is 0.306 e. The molecule has 0 spiro atoms. The molecule has 1 N–H and O–H groups in total. The summed E-state index contributed by atoms with van der Waals surface area (Å²) in [6, 6.07) is 0. The van der Waals surface area contributed by atoms with Crippen molar-refractivity contribution in [3.63, 3.8) is 0 Å². The lowest BCUT2D eigenvalue weighted by molar-refractivity contribution is -0.150. The molecule has 0 rings (SSSR count). The molecule has 0 aromatic heterocycles. The molecule has 0 bridgehead atoms. The number of carboxylic acids is 1. The van der Waals surface area contributed by atoms with Crippen molar-refractivity contribution in [3.8, 4) is 0 Å². The Bertz CT molecular complexity index is 610. The van der Waals surface area contributed by atoms with E-state index in [9.17, 15) is 9.59 Å². The van der Waals surface area contributed by atoms with Gasteiger partial charge >= 0.3 is 11.9 Å². The third-order valence-corrected chi connectivity index (χ3v) is 7.68. The van der Waals surface area contributed by atoms with Gasteiger partial charge in [0.2, 0.25) is 0 Å². The van der Waals surface area contributed by atoms with Crippen LogP contribution in [0.4, 0.5) is 0 Å². The van der Waals surface area contributed by atoms with E-state index in [2.05, 4.69) is 38.2 Å². The SMILES string of the molecule is CCCCC/C=C\C/C=C\CCCCCCCCCC(=O)OC(CCCCCCCCC)CCCCCC(=O)O. The second-order valence-corrected chi connectivity index (χ2v) is 11.7. The van der Waals surface area contributed by atoms with Crippen LogP contribution in [-0.4, -0.2) is 23.1 Å². The van der Waals surface area contributed by atoms with E-state index < -0.39 is 5.97 Å². The first-order valence-electron chi connectivity index (χ1n) is 17.3. The van der Waals surface area contributed by atoms with Gasteiger partial charge in [-0.15, -0.1) is 0 Å². The number of aliphatic carboxylic acids is 1. The summed E-state index contributed by atoms with van der Waals surface area (Å²) in [6.07, 6.45) is 39.0. The van der Waals surface area contributed by atoms with Crippen molar-refractivity contribution in [2.24, 2.45) is 0 Å². The van der Waals surface area contributed by atoms with Gasteiger partial charge in [-0.05, 0) is 70.6 Å². The molecule has 0 heterocycles. The molecule has 1 unspecified atom stereocenters. The van der Waals surface area contributed by atoms with Gasteiger partial charge in [-0.2, -0.15) is 0 Å². The molecule has 0 aromatic carbocycles. The molecule has 0 aliphatic rings. The monoisotopic (exact) mass is 562 g/mol. The molecule has 0 saturated heterocycles. The Labute approximate surface area is 248 Å². The molecule has 0 radical (unpaired) electrons. The lowest BCUT2D eigenvalue weighted by atomic mass is 10.0. The van der Waals surface area contributed by atoms with Gasteiger partial charge < -0.3 is 9.84 Å². The lowest BCUT2D eigenvalue weighted by Gasteiger charge is -2.18. The van der Waals surface area contributed by atoms with Gasteiger partial charge in [-0.25, -0.2) is 0 Å². The Morgan fingerprint density at radius 2 is 0.975 bits per heavy atom. The zero-order valence-corrected chi connectivity index (χ0v) is 26.7. The number of hydrogen-bond acceptors (Lipinski definition) is 3. The molecule has 4 heteroatoms. The van der Waals surface area contributed by atoms with Gasteiger partial charge in [0.15, 0.2) is 0 Å². The molecule has 0 aliphatic carbocycles. The van der Waals surface area contributed by atoms with E-state index in [1.807, 2.05) is 0 Å². The summed E-state index contributed by atoms with van der Waals surface area (Å²) < 4.78 is 5.89. The minimum atomic E-state index is -0.727. The third kappa shape index (κ3) is 31.0. The summed E-state index contributed by atoms with van der Waals surface area (Å²) in [6.45, 7) is 4.49. The zero-order valence-electron chi connectivity index (χ0n) is 26.7. The summed E-state index contributed by atoms with van der Waals surface area (Å²) in [5, 5.41) is 8.83.